The fourth-order valence-electron chi connectivity index (χ4n) is 8.69. The van der Waals surface area contributed by atoms with Crippen LogP contribution in [0.15, 0.2) is 78.9 Å². The summed E-state index contributed by atoms with van der Waals surface area (Å²) in [5.41, 5.74) is 3.34. The number of likely N-dealkylation sites (N-methyl/N-ethyl adjacent to an activating group) is 1. The fraction of sp³-hybridized carbons (Fsp3) is 0.459. The minimum absolute atomic E-state index is 0.0102. The molecule has 3 aromatic carbocycles. The van der Waals surface area contributed by atoms with E-state index in [1.54, 1.807) is 12.1 Å². The van der Waals surface area contributed by atoms with E-state index in [-0.39, 0.29) is 24.3 Å². The summed E-state index contributed by atoms with van der Waals surface area (Å²) in [7, 11) is -3.86. The Morgan fingerprint density at radius 2 is 1.46 bits per heavy atom. The SMILES string of the molecule is CCNC(=O)[C@@H](Cc1ccccc1)N(Cc1ccc(F)cc1)C(=O)CN(c1ccc(C23CC4CC(CC(C4)C2)C3)cc1)S(C)(=O)=O. The van der Waals surface area contributed by atoms with Crippen LogP contribution >= 0.6 is 0 Å². The molecule has 46 heavy (non-hydrogen) atoms. The zero-order valence-electron chi connectivity index (χ0n) is 26.7. The van der Waals surface area contributed by atoms with E-state index in [2.05, 4.69) is 17.4 Å². The van der Waals surface area contributed by atoms with E-state index in [9.17, 15) is 22.4 Å². The molecule has 7 nitrogen and oxygen atoms in total. The Balaban J connectivity index is 1.29. The lowest BCUT2D eigenvalue weighted by Crippen LogP contribution is -2.53. The second-order valence-corrected chi connectivity index (χ2v) is 15.7. The molecule has 3 aromatic rings. The highest BCUT2D eigenvalue weighted by molar-refractivity contribution is 7.92. The maximum Gasteiger partial charge on any atom is 0.244 e. The third-order valence-electron chi connectivity index (χ3n) is 10.4. The van der Waals surface area contributed by atoms with Gasteiger partial charge >= 0.3 is 0 Å². The molecule has 7 rings (SSSR count). The Morgan fingerprint density at radius 3 is 2.00 bits per heavy atom. The molecule has 0 heterocycles. The van der Waals surface area contributed by atoms with Gasteiger partial charge in [-0.2, -0.15) is 0 Å². The van der Waals surface area contributed by atoms with Crippen LogP contribution < -0.4 is 9.62 Å². The van der Waals surface area contributed by atoms with Gasteiger partial charge in [0, 0.05) is 19.5 Å². The minimum atomic E-state index is -3.86. The first-order chi connectivity index (χ1) is 22.0. The molecule has 4 saturated carbocycles. The zero-order valence-corrected chi connectivity index (χ0v) is 27.5. The van der Waals surface area contributed by atoms with E-state index in [0.29, 0.717) is 17.8 Å². The predicted octanol–water partition coefficient (Wildman–Crippen LogP) is 5.84. The molecule has 4 fully saturated rings. The first-order valence-corrected chi connectivity index (χ1v) is 18.3. The Hall–Kier alpha value is -3.72. The topological polar surface area (TPSA) is 86.8 Å². The van der Waals surface area contributed by atoms with Crippen molar-refractivity contribution >= 4 is 27.5 Å². The third kappa shape index (κ3) is 6.99. The maximum absolute atomic E-state index is 14.2. The average Bonchev–Trinajstić information content (AvgIpc) is 3.02. The molecule has 244 valence electrons. The average molecular weight is 646 g/mol. The van der Waals surface area contributed by atoms with Crippen molar-refractivity contribution in [1.82, 2.24) is 10.2 Å². The molecular weight excluding hydrogens is 601 g/mol. The van der Waals surface area contributed by atoms with Crippen LogP contribution in [0, 0.1) is 23.6 Å². The summed E-state index contributed by atoms with van der Waals surface area (Å²) in [6.07, 6.45) is 8.97. The monoisotopic (exact) mass is 645 g/mol. The highest BCUT2D eigenvalue weighted by atomic mass is 32.2. The van der Waals surface area contributed by atoms with Gasteiger partial charge in [-0.15, -0.1) is 0 Å². The molecule has 9 heteroatoms. The van der Waals surface area contributed by atoms with Crippen LogP contribution in [0.5, 0.6) is 0 Å². The number of hydrogen-bond donors (Lipinski definition) is 1. The number of rotatable bonds is 12. The number of amides is 2. The standard InChI is InChI=1S/C37H44FN3O4S/c1-3-39-36(43)34(20-26-7-5-4-6-8-26)40(24-27-9-13-32(38)14-10-27)35(42)25-41(46(2,44)45)33-15-11-31(12-16-33)37-21-28-17-29(22-37)19-30(18-28)23-37/h4-16,28-30,34H,3,17-25H2,1-2H3,(H,39,43)/t28?,29?,30?,34-,37?/m1/s1. The number of sulfonamides is 1. The first kappa shape index (κ1) is 32.2. The molecular formula is C37H44FN3O4S. The van der Waals surface area contributed by atoms with Crippen molar-refractivity contribution in [3.05, 3.63) is 101 Å². The number of halogens is 1. The molecule has 2 amide bonds. The molecule has 0 radical (unpaired) electrons. The van der Waals surface area contributed by atoms with Crippen LogP contribution in [0.3, 0.4) is 0 Å². The van der Waals surface area contributed by atoms with Gasteiger partial charge in [-0.05, 0) is 110 Å². The van der Waals surface area contributed by atoms with Gasteiger partial charge in [0.1, 0.15) is 18.4 Å². The van der Waals surface area contributed by atoms with Gasteiger partial charge < -0.3 is 10.2 Å². The van der Waals surface area contributed by atoms with Gasteiger partial charge in [0.2, 0.25) is 21.8 Å². The summed E-state index contributed by atoms with van der Waals surface area (Å²) in [4.78, 5) is 29.2. The number of nitrogens with one attached hydrogen (secondary N) is 1. The Kier molecular flexibility index (Phi) is 9.24. The lowest BCUT2D eigenvalue weighted by Gasteiger charge is -2.57. The van der Waals surface area contributed by atoms with E-state index in [1.165, 1.54) is 61.1 Å². The summed E-state index contributed by atoms with van der Waals surface area (Å²) in [6.45, 7) is 1.72. The molecule has 4 aliphatic rings. The summed E-state index contributed by atoms with van der Waals surface area (Å²) in [5.74, 6) is 1.09. The van der Waals surface area contributed by atoms with Gasteiger partial charge in [-0.3, -0.25) is 13.9 Å². The van der Waals surface area contributed by atoms with E-state index in [4.69, 9.17) is 0 Å². The van der Waals surface area contributed by atoms with E-state index in [1.807, 2.05) is 49.4 Å². The van der Waals surface area contributed by atoms with Gasteiger partial charge in [-0.25, -0.2) is 12.8 Å². The molecule has 0 aromatic heterocycles. The molecule has 0 spiro atoms. The van der Waals surface area contributed by atoms with E-state index in [0.717, 1.165) is 33.9 Å². The van der Waals surface area contributed by atoms with Crippen LogP contribution in [-0.2, 0) is 38.0 Å². The highest BCUT2D eigenvalue weighted by Crippen LogP contribution is 2.60. The number of carbonyl (C=O) groups excluding carboxylic acids is 2. The van der Waals surface area contributed by atoms with Gasteiger partial charge in [0.15, 0.2) is 0 Å². The Bertz CT molecular complexity index is 1610. The fourth-order valence-corrected chi connectivity index (χ4v) is 9.54. The predicted molar refractivity (Wildman–Crippen MR) is 178 cm³/mol. The quantitative estimate of drug-likeness (QED) is 0.268. The van der Waals surface area contributed by atoms with Crippen molar-refractivity contribution in [2.75, 3.05) is 23.7 Å². The zero-order chi connectivity index (χ0) is 32.5. The summed E-state index contributed by atoms with van der Waals surface area (Å²) >= 11 is 0. The van der Waals surface area contributed by atoms with Crippen molar-refractivity contribution in [2.45, 2.75) is 69.9 Å². The van der Waals surface area contributed by atoms with Crippen molar-refractivity contribution < 1.29 is 22.4 Å². The number of hydrogen-bond acceptors (Lipinski definition) is 4. The summed E-state index contributed by atoms with van der Waals surface area (Å²) in [5, 5.41) is 2.85. The minimum Gasteiger partial charge on any atom is -0.355 e. The van der Waals surface area contributed by atoms with Crippen LogP contribution in [0.2, 0.25) is 0 Å². The molecule has 1 atom stereocenters. The van der Waals surface area contributed by atoms with Crippen LogP contribution in [0.1, 0.15) is 62.1 Å². The van der Waals surface area contributed by atoms with Crippen LogP contribution in [0.4, 0.5) is 10.1 Å². The van der Waals surface area contributed by atoms with Gasteiger partial charge in [0.05, 0.1) is 11.9 Å². The van der Waals surface area contributed by atoms with Crippen molar-refractivity contribution in [3.63, 3.8) is 0 Å². The van der Waals surface area contributed by atoms with E-state index < -0.39 is 34.3 Å². The molecule has 0 unspecified atom stereocenters. The maximum atomic E-state index is 14.2. The highest BCUT2D eigenvalue weighted by Gasteiger charge is 2.51. The number of carbonyl (C=O) groups is 2. The van der Waals surface area contributed by atoms with Crippen LogP contribution in [-0.4, -0.2) is 50.5 Å². The second-order valence-electron chi connectivity index (χ2n) is 13.8. The number of nitrogens with zero attached hydrogens (tertiary/aromatic N) is 2. The summed E-state index contributed by atoms with van der Waals surface area (Å²) in [6, 6.07) is 22.0. The van der Waals surface area contributed by atoms with Crippen LogP contribution in [0.25, 0.3) is 0 Å². The van der Waals surface area contributed by atoms with Gasteiger partial charge in [-0.1, -0.05) is 54.6 Å². The third-order valence-corrected chi connectivity index (χ3v) is 11.5. The van der Waals surface area contributed by atoms with E-state index >= 15 is 0 Å². The lowest BCUT2D eigenvalue weighted by molar-refractivity contribution is -0.140. The second kappa shape index (κ2) is 13.2. The Labute approximate surface area is 272 Å². The number of benzene rings is 3. The molecule has 0 aliphatic heterocycles. The Morgan fingerprint density at radius 1 is 0.870 bits per heavy atom. The molecule has 4 aliphatic carbocycles. The van der Waals surface area contributed by atoms with Crippen molar-refractivity contribution in [3.8, 4) is 0 Å². The van der Waals surface area contributed by atoms with Crippen molar-refractivity contribution in [1.29, 1.82) is 0 Å². The normalized spacial score (nSPS) is 23.9. The number of anilines is 1. The van der Waals surface area contributed by atoms with Crippen molar-refractivity contribution in [2.24, 2.45) is 17.8 Å². The first-order valence-electron chi connectivity index (χ1n) is 16.5. The largest absolute Gasteiger partial charge is 0.355 e. The lowest BCUT2D eigenvalue weighted by atomic mass is 9.48. The molecule has 1 N–H and O–H groups in total. The molecule has 0 saturated heterocycles. The van der Waals surface area contributed by atoms with Gasteiger partial charge in [0.25, 0.3) is 0 Å². The summed E-state index contributed by atoms with van der Waals surface area (Å²) < 4.78 is 41.3. The molecule has 4 bridgehead atoms. The smallest absolute Gasteiger partial charge is 0.244 e.